The van der Waals surface area contributed by atoms with Crippen molar-refractivity contribution in [1.29, 1.82) is 0 Å². The van der Waals surface area contributed by atoms with Crippen molar-refractivity contribution in [1.82, 2.24) is 0 Å². The highest BCUT2D eigenvalue weighted by molar-refractivity contribution is 6.32. The Morgan fingerprint density at radius 3 is 2.50 bits per heavy atom. The zero-order valence-corrected chi connectivity index (χ0v) is 11.9. The summed E-state index contributed by atoms with van der Waals surface area (Å²) in [6.45, 7) is 0. The highest BCUT2D eigenvalue weighted by atomic mass is 35.5. The summed E-state index contributed by atoms with van der Waals surface area (Å²) in [5.41, 5.74) is 0.207. The van der Waals surface area contributed by atoms with Gasteiger partial charge in [-0.05, 0) is 25.0 Å². The Labute approximate surface area is 118 Å². The Morgan fingerprint density at radius 1 is 1.11 bits per heavy atom. The van der Waals surface area contributed by atoms with E-state index in [2.05, 4.69) is 0 Å². The van der Waals surface area contributed by atoms with E-state index in [1.54, 1.807) is 0 Å². The topological polar surface area (TPSA) is 9.23 Å². The van der Waals surface area contributed by atoms with Gasteiger partial charge in [0, 0.05) is 17.2 Å². The molecule has 98 valence electrons. The summed E-state index contributed by atoms with van der Waals surface area (Å²) in [5, 5.41) is 0.978. The van der Waals surface area contributed by atoms with Crippen molar-refractivity contribution in [2.24, 2.45) is 5.41 Å². The largest absolute Gasteiger partial charge is 0.488 e. The molecule has 18 heavy (non-hydrogen) atoms. The quantitative estimate of drug-likeness (QED) is 0.691. The minimum atomic E-state index is 0.207. The summed E-state index contributed by atoms with van der Waals surface area (Å²) in [6, 6.07) is 7.71. The average Bonchev–Trinajstić information content (AvgIpc) is 2.41. The van der Waals surface area contributed by atoms with Crippen LogP contribution >= 0.6 is 23.2 Å². The minimum absolute atomic E-state index is 0.207. The summed E-state index contributed by atoms with van der Waals surface area (Å²) in [4.78, 5) is 0. The van der Waals surface area contributed by atoms with E-state index in [0.717, 1.165) is 12.2 Å². The molecule has 3 rings (SSSR count). The monoisotopic (exact) mass is 284 g/mol. The van der Waals surface area contributed by atoms with Gasteiger partial charge in [-0.15, -0.1) is 11.6 Å². The zero-order valence-electron chi connectivity index (χ0n) is 10.4. The van der Waals surface area contributed by atoms with Gasteiger partial charge < -0.3 is 4.74 Å². The number of benzene rings is 1. The molecule has 0 heterocycles. The Balaban J connectivity index is 1.75. The second-order valence-electron chi connectivity index (χ2n) is 5.53. The van der Waals surface area contributed by atoms with Crippen molar-refractivity contribution >= 4 is 23.2 Å². The maximum atomic E-state index is 6.47. The molecule has 2 unspecified atom stereocenters. The maximum absolute atomic E-state index is 6.47. The van der Waals surface area contributed by atoms with E-state index in [-0.39, 0.29) is 16.9 Å². The molecule has 0 aromatic heterocycles. The Hall–Kier alpha value is -0.400. The first-order chi connectivity index (χ1) is 8.72. The highest BCUT2D eigenvalue weighted by Gasteiger charge is 2.55. The second-order valence-corrected chi connectivity index (χ2v) is 6.47. The van der Waals surface area contributed by atoms with Gasteiger partial charge in [-0.1, -0.05) is 43.0 Å². The molecular formula is C15H18Cl2O. The second kappa shape index (κ2) is 4.94. The first kappa shape index (κ1) is 12.6. The lowest BCUT2D eigenvalue weighted by Crippen LogP contribution is -2.58. The number of halogens is 2. The average molecular weight is 285 g/mol. The molecule has 2 fully saturated rings. The number of rotatable bonds is 2. The maximum Gasteiger partial charge on any atom is 0.138 e. The summed E-state index contributed by atoms with van der Waals surface area (Å²) in [6.07, 6.45) is 7.51. The molecule has 0 N–H and O–H groups in total. The van der Waals surface area contributed by atoms with Gasteiger partial charge >= 0.3 is 0 Å². The van der Waals surface area contributed by atoms with Crippen LogP contribution in [0, 0.1) is 5.41 Å². The Bertz CT molecular complexity index is 426. The number of alkyl halides is 1. The van der Waals surface area contributed by atoms with Gasteiger partial charge in [-0.25, -0.2) is 0 Å². The van der Waals surface area contributed by atoms with E-state index in [4.69, 9.17) is 27.9 Å². The van der Waals surface area contributed by atoms with Crippen molar-refractivity contribution in [3.05, 3.63) is 29.3 Å². The standard InChI is InChI=1S/C15H18Cl2O/c16-11-6-2-3-7-12(11)18-14-10-13(17)15(14)8-4-1-5-9-15/h2-3,6-7,13-14H,1,4-5,8-10H2. The molecule has 1 aromatic carbocycles. The van der Waals surface area contributed by atoms with Crippen LogP contribution in [0.1, 0.15) is 38.5 Å². The predicted octanol–water partition coefficient (Wildman–Crippen LogP) is 5.05. The lowest BCUT2D eigenvalue weighted by atomic mass is 9.58. The summed E-state index contributed by atoms with van der Waals surface area (Å²) >= 11 is 12.6. The van der Waals surface area contributed by atoms with Gasteiger partial charge in [0.2, 0.25) is 0 Å². The lowest BCUT2D eigenvalue weighted by molar-refractivity contribution is -0.0649. The number of hydrogen-bond acceptors (Lipinski definition) is 1. The molecule has 1 spiro atoms. The van der Waals surface area contributed by atoms with E-state index < -0.39 is 0 Å². The van der Waals surface area contributed by atoms with Gasteiger partial charge in [0.1, 0.15) is 11.9 Å². The fraction of sp³-hybridized carbons (Fsp3) is 0.600. The number of para-hydroxylation sites is 1. The SMILES string of the molecule is Clc1ccccc1OC1CC(Cl)C12CCCCC2. The van der Waals surface area contributed by atoms with Crippen molar-refractivity contribution in [2.45, 2.75) is 50.0 Å². The van der Waals surface area contributed by atoms with Crippen LogP contribution in [0.15, 0.2) is 24.3 Å². The van der Waals surface area contributed by atoms with Gasteiger partial charge in [0.25, 0.3) is 0 Å². The van der Waals surface area contributed by atoms with E-state index in [9.17, 15) is 0 Å². The van der Waals surface area contributed by atoms with Gasteiger partial charge in [-0.3, -0.25) is 0 Å². The molecule has 1 nitrogen and oxygen atoms in total. The zero-order chi connectivity index (χ0) is 12.6. The molecule has 2 aliphatic rings. The van der Waals surface area contributed by atoms with Crippen LogP contribution < -0.4 is 4.74 Å². The molecule has 3 heteroatoms. The Kier molecular flexibility index (Phi) is 3.46. The molecule has 0 radical (unpaired) electrons. The minimum Gasteiger partial charge on any atom is -0.488 e. The fourth-order valence-corrected chi connectivity index (χ4v) is 4.10. The van der Waals surface area contributed by atoms with Crippen molar-refractivity contribution in [3.63, 3.8) is 0 Å². The van der Waals surface area contributed by atoms with Crippen LogP contribution in [0.5, 0.6) is 5.75 Å². The molecule has 2 atom stereocenters. The van der Waals surface area contributed by atoms with Crippen LogP contribution in [-0.2, 0) is 0 Å². The first-order valence-corrected chi connectivity index (χ1v) is 7.59. The van der Waals surface area contributed by atoms with Crippen LogP contribution in [0.25, 0.3) is 0 Å². The van der Waals surface area contributed by atoms with Crippen LogP contribution in [-0.4, -0.2) is 11.5 Å². The van der Waals surface area contributed by atoms with Crippen LogP contribution in [0.4, 0.5) is 0 Å². The number of hydrogen-bond donors (Lipinski definition) is 0. The van der Waals surface area contributed by atoms with E-state index in [0.29, 0.717) is 5.02 Å². The number of ether oxygens (including phenoxy) is 1. The molecular weight excluding hydrogens is 267 g/mol. The van der Waals surface area contributed by atoms with E-state index in [1.165, 1.54) is 32.1 Å². The van der Waals surface area contributed by atoms with Crippen molar-refractivity contribution < 1.29 is 4.74 Å². The van der Waals surface area contributed by atoms with Gasteiger partial charge in [-0.2, -0.15) is 0 Å². The predicted molar refractivity (Wildman–Crippen MR) is 75.6 cm³/mol. The molecule has 2 aliphatic carbocycles. The highest BCUT2D eigenvalue weighted by Crippen LogP contribution is 2.56. The summed E-state index contributed by atoms with van der Waals surface area (Å²) in [5.74, 6) is 0.803. The van der Waals surface area contributed by atoms with E-state index in [1.807, 2.05) is 24.3 Å². The van der Waals surface area contributed by atoms with Crippen molar-refractivity contribution in [2.75, 3.05) is 0 Å². The lowest BCUT2D eigenvalue weighted by Gasteiger charge is -2.55. The third kappa shape index (κ3) is 2.02. The molecule has 0 saturated heterocycles. The Morgan fingerprint density at radius 2 is 1.83 bits per heavy atom. The smallest absolute Gasteiger partial charge is 0.138 e. The molecule has 0 aliphatic heterocycles. The molecule has 0 bridgehead atoms. The molecule has 2 saturated carbocycles. The van der Waals surface area contributed by atoms with E-state index >= 15 is 0 Å². The third-order valence-electron chi connectivity index (χ3n) is 4.58. The van der Waals surface area contributed by atoms with Gasteiger partial charge in [0.05, 0.1) is 5.02 Å². The molecule has 1 aromatic rings. The normalized spacial score (nSPS) is 29.9. The van der Waals surface area contributed by atoms with Crippen LogP contribution in [0.2, 0.25) is 5.02 Å². The fourth-order valence-electron chi connectivity index (χ4n) is 3.40. The van der Waals surface area contributed by atoms with Crippen molar-refractivity contribution in [3.8, 4) is 5.75 Å². The third-order valence-corrected chi connectivity index (χ3v) is 5.50. The summed E-state index contributed by atoms with van der Waals surface area (Å²) < 4.78 is 6.13. The van der Waals surface area contributed by atoms with Crippen LogP contribution in [0.3, 0.4) is 0 Å². The van der Waals surface area contributed by atoms with Gasteiger partial charge in [0.15, 0.2) is 0 Å². The summed E-state index contributed by atoms with van der Waals surface area (Å²) in [7, 11) is 0. The first-order valence-electron chi connectivity index (χ1n) is 6.78. The molecule has 0 amide bonds.